The van der Waals surface area contributed by atoms with Gasteiger partial charge in [0.1, 0.15) is 5.75 Å². The Hall–Kier alpha value is -1.22. The Bertz CT molecular complexity index is 384. The van der Waals surface area contributed by atoms with Gasteiger partial charge in [0, 0.05) is 18.1 Å². The van der Waals surface area contributed by atoms with Crippen molar-refractivity contribution in [2.45, 2.75) is 39.5 Å². The van der Waals surface area contributed by atoms with Gasteiger partial charge >= 0.3 is 0 Å². The fourth-order valence-electron chi connectivity index (χ4n) is 1.83. The maximum Gasteiger partial charge on any atom is 0.260 e. The molecule has 0 unspecified atom stereocenters. The van der Waals surface area contributed by atoms with Crippen molar-refractivity contribution in [3.05, 3.63) is 29.3 Å². The number of benzene rings is 1. The fourth-order valence-corrected chi connectivity index (χ4v) is 1.95. The van der Waals surface area contributed by atoms with E-state index in [2.05, 4.69) is 13.8 Å². The Morgan fingerprint density at radius 1 is 1.10 bits per heavy atom. The molecule has 1 aromatic carbocycles. The van der Waals surface area contributed by atoms with Gasteiger partial charge in [0.15, 0.2) is 6.61 Å². The first-order valence-electron chi connectivity index (χ1n) is 7.33. The van der Waals surface area contributed by atoms with Crippen LogP contribution in [-0.2, 0) is 4.79 Å². The number of hydrogen-bond acceptors (Lipinski definition) is 2. The Morgan fingerprint density at radius 2 is 1.65 bits per heavy atom. The van der Waals surface area contributed by atoms with Gasteiger partial charge in [0.25, 0.3) is 5.91 Å². The minimum Gasteiger partial charge on any atom is -0.484 e. The van der Waals surface area contributed by atoms with E-state index in [-0.39, 0.29) is 12.5 Å². The van der Waals surface area contributed by atoms with Gasteiger partial charge in [-0.25, -0.2) is 0 Å². The van der Waals surface area contributed by atoms with Gasteiger partial charge in [0.2, 0.25) is 0 Å². The van der Waals surface area contributed by atoms with Gasteiger partial charge < -0.3 is 9.64 Å². The van der Waals surface area contributed by atoms with E-state index in [0.29, 0.717) is 10.8 Å². The normalized spacial score (nSPS) is 10.3. The molecule has 0 radical (unpaired) electrons. The quantitative estimate of drug-likeness (QED) is 0.685. The number of carbonyl (C=O) groups is 1. The van der Waals surface area contributed by atoms with Crippen LogP contribution >= 0.6 is 11.6 Å². The van der Waals surface area contributed by atoms with Crippen LogP contribution in [-0.4, -0.2) is 30.5 Å². The van der Waals surface area contributed by atoms with Crippen LogP contribution in [0.2, 0.25) is 5.02 Å². The topological polar surface area (TPSA) is 29.5 Å². The van der Waals surface area contributed by atoms with Crippen molar-refractivity contribution < 1.29 is 9.53 Å². The Morgan fingerprint density at radius 3 is 2.15 bits per heavy atom. The van der Waals surface area contributed by atoms with Crippen molar-refractivity contribution in [2.24, 2.45) is 0 Å². The molecule has 1 rings (SSSR count). The van der Waals surface area contributed by atoms with Crippen molar-refractivity contribution in [2.75, 3.05) is 19.7 Å². The van der Waals surface area contributed by atoms with Crippen LogP contribution in [0.3, 0.4) is 0 Å². The van der Waals surface area contributed by atoms with Crippen LogP contribution in [0.5, 0.6) is 5.75 Å². The summed E-state index contributed by atoms with van der Waals surface area (Å²) in [5.74, 6) is 0.732. The van der Waals surface area contributed by atoms with Crippen molar-refractivity contribution in [1.29, 1.82) is 0 Å². The average Bonchev–Trinajstić information content (AvgIpc) is 2.46. The lowest BCUT2D eigenvalue weighted by molar-refractivity contribution is -0.133. The second kappa shape index (κ2) is 9.65. The van der Waals surface area contributed by atoms with Gasteiger partial charge in [-0.1, -0.05) is 38.3 Å². The van der Waals surface area contributed by atoms with Crippen molar-refractivity contribution in [3.63, 3.8) is 0 Å². The molecular weight excluding hydrogens is 274 g/mol. The van der Waals surface area contributed by atoms with Crippen molar-refractivity contribution in [3.8, 4) is 5.75 Å². The molecule has 1 amide bonds. The molecule has 1 aromatic rings. The molecule has 0 saturated heterocycles. The SMILES string of the molecule is CCCCN(CCCC)C(=O)COc1ccc(Cl)cc1. The van der Waals surface area contributed by atoms with Crippen LogP contribution < -0.4 is 4.74 Å². The summed E-state index contributed by atoms with van der Waals surface area (Å²) in [7, 11) is 0. The average molecular weight is 298 g/mol. The highest BCUT2D eigenvalue weighted by Crippen LogP contribution is 2.15. The molecule has 4 heteroatoms. The van der Waals surface area contributed by atoms with Crippen molar-refractivity contribution >= 4 is 17.5 Å². The molecule has 0 aromatic heterocycles. The summed E-state index contributed by atoms with van der Waals surface area (Å²) in [4.78, 5) is 14.1. The lowest BCUT2D eigenvalue weighted by atomic mass is 10.2. The van der Waals surface area contributed by atoms with E-state index < -0.39 is 0 Å². The molecule has 0 saturated carbocycles. The summed E-state index contributed by atoms with van der Waals surface area (Å²) in [6.07, 6.45) is 4.26. The standard InChI is InChI=1S/C16H24ClNO2/c1-3-5-11-18(12-6-4-2)16(19)13-20-15-9-7-14(17)8-10-15/h7-10H,3-6,11-13H2,1-2H3. The summed E-state index contributed by atoms with van der Waals surface area (Å²) >= 11 is 5.81. The van der Waals surface area contributed by atoms with E-state index in [1.165, 1.54) is 0 Å². The van der Waals surface area contributed by atoms with Crippen LogP contribution in [0.1, 0.15) is 39.5 Å². The molecule has 112 valence electrons. The Kier molecular flexibility index (Phi) is 8.12. The third-order valence-corrected chi connectivity index (χ3v) is 3.34. The van der Waals surface area contributed by atoms with Gasteiger partial charge in [0.05, 0.1) is 0 Å². The first-order chi connectivity index (χ1) is 9.67. The molecule has 0 aliphatic carbocycles. The van der Waals surface area contributed by atoms with Crippen LogP contribution in [0.25, 0.3) is 0 Å². The molecule has 0 bridgehead atoms. The number of nitrogens with zero attached hydrogens (tertiary/aromatic N) is 1. The predicted molar refractivity (Wildman–Crippen MR) is 83.3 cm³/mol. The Balaban J connectivity index is 2.45. The summed E-state index contributed by atoms with van der Waals surface area (Å²) in [6, 6.07) is 7.07. The van der Waals surface area contributed by atoms with Crippen LogP contribution in [0, 0.1) is 0 Å². The van der Waals surface area contributed by atoms with E-state index in [4.69, 9.17) is 16.3 Å². The maximum absolute atomic E-state index is 12.2. The minimum atomic E-state index is 0.0573. The first kappa shape index (κ1) is 16.8. The first-order valence-corrected chi connectivity index (χ1v) is 7.71. The second-order valence-corrected chi connectivity index (χ2v) is 5.27. The van der Waals surface area contributed by atoms with Crippen LogP contribution in [0.15, 0.2) is 24.3 Å². The summed E-state index contributed by atoms with van der Waals surface area (Å²) in [5, 5.41) is 0.663. The van der Waals surface area contributed by atoms with Gasteiger partial charge in [-0.2, -0.15) is 0 Å². The zero-order valence-corrected chi connectivity index (χ0v) is 13.2. The molecule has 0 aliphatic rings. The molecule has 0 fully saturated rings. The monoisotopic (exact) mass is 297 g/mol. The number of rotatable bonds is 9. The summed E-state index contributed by atoms with van der Waals surface area (Å²) < 4.78 is 5.51. The highest BCUT2D eigenvalue weighted by Gasteiger charge is 2.13. The van der Waals surface area contributed by atoms with E-state index >= 15 is 0 Å². The number of halogens is 1. The summed E-state index contributed by atoms with van der Waals surface area (Å²) in [6.45, 7) is 5.99. The lowest BCUT2D eigenvalue weighted by Crippen LogP contribution is -2.36. The smallest absolute Gasteiger partial charge is 0.260 e. The van der Waals surface area contributed by atoms with Gasteiger partial charge in [-0.3, -0.25) is 4.79 Å². The number of ether oxygens (including phenoxy) is 1. The second-order valence-electron chi connectivity index (χ2n) is 4.83. The molecule has 0 N–H and O–H groups in total. The molecule has 0 heterocycles. The van der Waals surface area contributed by atoms with Crippen LogP contribution in [0.4, 0.5) is 0 Å². The van der Waals surface area contributed by atoms with E-state index in [1.807, 2.05) is 4.90 Å². The third-order valence-electron chi connectivity index (χ3n) is 3.09. The molecule has 0 spiro atoms. The molecular formula is C16H24ClNO2. The largest absolute Gasteiger partial charge is 0.484 e. The zero-order chi connectivity index (χ0) is 14.8. The predicted octanol–water partition coefficient (Wildman–Crippen LogP) is 4.15. The third kappa shape index (κ3) is 6.29. The van der Waals surface area contributed by atoms with Gasteiger partial charge in [-0.05, 0) is 37.1 Å². The Labute approximate surface area is 126 Å². The van der Waals surface area contributed by atoms with E-state index in [1.54, 1.807) is 24.3 Å². The molecule has 20 heavy (non-hydrogen) atoms. The highest BCUT2D eigenvalue weighted by molar-refractivity contribution is 6.30. The molecule has 0 aliphatic heterocycles. The van der Waals surface area contributed by atoms with Gasteiger partial charge in [-0.15, -0.1) is 0 Å². The van der Waals surface area contributed by atoms with Crippen molar-refractivity contribution in [1.82, 2.24) is 4.90 Å². The van der Waals surface area contributed by atoms with E-state index in [0.717, 1.165) is 38.8 Å². The number of hydrogen-bond donors (Lipinski definition) is 0. The van der Waals surface area contributed by atoms with E-state index in [9.17, 15) is 4.79 Å². The minimum absolute atomic E-state index is 0.0573. The maximum atomic E-state index is 12.2. The highest BCUT2D eigenvalue weighted by atomic mass is 35.5. The summed E-state index contributed by atoms with van der Waals surface area (Å²) in [5.41, 5.74) is 0. The number of carbonyl (C=O) groups excluding carboxylic acids is 1. The number of unbranched alkanes of at least 4 members (excludes halogenated alkanes) is 2. The molecule has 0 atom stereocenters. The molecule has 3 nitrogen and oxygen atoms in total. The lowest BCUT2D eigenvalue weighted by Gasteiger charge is -2.22. The number of amides is 1. The zero-order valence-electron chi connectivity index (χ0n) is 12.4. The fraction of sp³-hybridized carbons (Fsp3) is 0.562.